The van der Waals surface area contributed by atoms with Crippen LogP contribution in [0.5, 0.6) is 0 Å². The van der Waals surface area contributed by atoms with Gasteiger partial charge in [-0.2, -0.15) is 5.10 Å². The molecule has 1 fully saturated rings. The van der Waals surface area contributed by atoms with Crippen molar-refractivity contribution in [3.8, 4) is 0 Å². The SMILES string of the molecule is O=c1cc2c(nn1C1COCC1Nc1ncnc3c1CCC3)CCCC2. The molecule has 7 heteroatoms. The second-order valence-corrected chi connectivity index (χ2v) is 7.46. The Kier molecular flexibility index (Phi) is 3.96. The van der Waals surface area contributed by atoms with E-state index in [-0.39, 0.29) is 17.6 Å². The number of ether oxygens (including phenoxy) is 1. The Labute approximate surface area is 151 Å². The van der Waals surface area contributed by atoms with Crippen molar-refractivity contribution in [3.05, 3.63) is 45.3 Å². The van der Waals surface area contributed by atoms with E-state index < -0.39 is 0 Å². The van der Waals surface area contributed by atoms with Gasteiger partial charge in [0.2, 0.25) is 0 Å². The molecule has 3 heterocycles. The molecule has 1 N–H and O–H groups in total. The van der Waals surface area contributed by atoms with Crippen LogP contribution < -0.4 is 10.9 Å². The summed E-state index contributed by atoms with van der Waals surface area (Å²) in [5, 5.41) is 8.23. The first-order chi connectivity index (χ1) is 12.8. The number of hydrogen-bond donors (Lipinski definition) is 1. The van der Waals surface area contributed by atoms with Crippen LogP contribution >= 0.6 is 0 Å². The summed E-state index contributed by atoms with van der Waals surface area (Å²) in [5.41, 5.74) is 4.52. The fourth-order valence-electron chi connectivity index (χ4n) is 4.40. The van der Waals surface area contributed by atoms with Crippen molar-refractivity contribution in [2.45, 2.75) is 57.0 Å². The Morgan fingerprint density at radius 1 is 1.04 bits per heavy atom. The van der Waals surface area contributed by atoms with Crippen LogP contribution in [-0.2, 0) is 30.4 Å². The summed E-state index contributed by atoms with van der Waals surface area (Å²) in [6, 6.07) is 1.65. The molecular formula is C19H23N5O2. The van der Waals surface area contributed by atoms with Gasteiger partial charge >= 0.3 is 0 Å². The second-order valence-electron chi connectivity index (χ2n) is 7.46. The van der Waals surface area contributed by atoms with Gasteiger partial charge in [0.25, 0.3) is 5.56 Å². The number of nitrogens with zero attached hydrogens (tertiary/aromatic N) is 4. The first-order valence-corrected chi connectivity index (χ1v) is 9.58. The van der Waals surface area contributed by atoms with Gasteiger partial charge in [-0.3, -0.25) is 4.79 Å². The van der Waals surface area contributed by atoms with Crippen molar-refractivity contribution in [1.82, 2.24) is 19.7 Å². The zero-order valence-electron chi connectivity index (χ0n) is 14.8. The Hall–Kier alpha value is -2.28. The molecule has 2 aromatic heterocycles. The van der Waals surface area contributed by atoms with Gasteiger partial charge < -0.3 is 10.1 Å². The summed E-state index contributed by atoms with van der Waals surface area (Å²) in [4.78, 5) is 21.5. The van der Waals surface area contributed by atoms with Crippen molar-refractivity contribution in [2.75, 3.05) is 18.5 Å². The van der Waals surface area contributed by atoms with E-state index in [0.717, 1.165) is 67.7 Å². The second kappa shape index (κ2) is 6.46. The van der Waals surface area contributed by atoms with E-state index in [1.807, 2.05) is 0 Å². The van der Waals surface area contributed by atoms with Crippen LogP contribution in [0.3, 0.4) is 0 Å². The van der Waals surface area contributed by atoms with Gasteiger partial charge in [-0.05, 0) is 50.5 Å². The molecule has 0 aromatic carbocycles. The van der Waals surface area contributed by atoms with Crippen LogP contribution in [-0.4, -0.2) is 39.0 Å². The zero-order chi connectivity index (χ0) is 17.5. The van der Waals surface area contributed by atoms with Gasteiger partial charge in [0, 0.05) is 17.3 Å². The van der Waals surface area contributed by atoms with Gasteiger partial charge in [-0.1, -0.05) is 0 Å². The Bertz CT molecular complexity index is 894. The average Bonchev–Trinajstić information content (AvgIpc) is 3.31. The molecule has 5 rings (SSSR count). The monoisotopic (exact) mass is 353 g/mol. The maximum atomic E-state index is 12.7. The molecule has 2 unspecified atom stereocenters. The molecule has 26 heavy (non-hydrogen) atoms. The molecule has 3 aliphatic rings. The summed E-state index contributed by atoms with van der Waals surface area (Å²) in [5.74, 6) is 0.888. The van der Waals surface area contributed by atoms with E-state index in [2.05, 4.69) is 15.3 Å². The predicted molar refractivity (Wildman–Crippen MR) is 96.5 cm³/mol. The van der Waals surface area contributed by atoms with Gasteiger partial charge in [-0.15, -0.1) is 0 Å². The Balaban J connectivity index is 1.45. The van der Waals surface area contributed by atoms with E-state index in [1.165, 1.54) is 5.56 Å². The molecule has 7 nitrogen and oxygen atoms in total. The Morgan fingerprint density at radius 2 is 1.92 bits per heavy atom. The van der Waals surface area contributed by atoms with Crippen LogP contribution in [0, 0.1) is 0 Å². The van der Waals surface area contributed by atoms with Crippen LogP contribution in [0.1, 0.15) is 47.8 Å². The number of rotatable bonds is 3. The summed E-state index contributed by atoms with van der Waals surface area (Å²) in [6.07, 6.45) is 8.99. The molecule has 2 atom stereocenters. The molecular weight excluding hydrogens is 330 g/mol. The first-order valence-electron chi connectivity index (χ1n) is 9.58. The zero-order valence-corrected chi connectivity index (χ0v) is 14.8. The third-order valence-electron chi connectivity index (χ3n) is 5.79. The molecule has 0 amide bonds. The van der Waals surface area contributed by atoms with E-state index >= 15 is 0 Å². The number of anilines is 1. The molecule has 2 aromatic rings. The van der Waals surface area contributed by atoms with Crippen molar-refractivity contribution in [2.24, 2.45) is 0 Å². The first kappa shape index (κ1) is 15.9. The minimum atomic E-state index is -0.109. The topological polar surface area (TPSA) is 81.9 Å². The molecule has 0 saturated carbocycles. The highest BCUT2D eigenvalue weighted by molar-refractivity contribution is 5.49. The number of aromatic nitrogens is 4. The minimum Gasteiger partial charge on any atom is -0.377 e. The lowest BCUT2D eigenvalue weighted by Gasteiger charge is -2.23. The summed E-state index contributed by atoms with van der Waals surface area (Å²) < 4.78 is 7.34. The number of aryl methyl sites for hydroxylation is 3. The smallest absolute Gasteiger partial charge is 0.267 e. The lowest BCUT2D eigenvalue weighted by atomic mass is 9.97. The fraction of sp³-hybridized carbons (Fsp3) is 0.579. The van der Waals surface area contributed by atoms with Gasteiger partial charge in [-0.25, -0.2) is 14.6 Å². The third-order valence-corrected chi connectivity index (χ3v) is 5.79. The maximum Gasteiger partial charge on any atom is 0.267 e. The number of fused-ring (bicyclic) bond motifs is 2. The van der Waals surface area contributed by atoms with Crippen LogP contribution in [0.25, 0.3) is 0 Å². The minimum absolute atomic E-state index is 0.0126. The lowest BCUT2D eigenvalue weighted by Crippen LogP contribution is -2.38. The van der Waals surface area contributed by atoms with E-state index in [9.17, 15) is 4.79 Å². The number of nitrogens with one attached hydrogen (secondary N) is 1. The fourth-order valence-corrected chi connectivity index (χ4v) is 4.40. The van der Waals surface area contributed by atoms with E-state index in [0.29, 0.717) is 13.2 Å². The van der Waals surface area contributed by atoms with Crippen LogP contribution in [0.4, 0.5) is 5.82 Å². The normalized spacial score (nSPS) is 24.3. The van der Waals surface area contributed by atoms with Crippen molar-refractivity contribution >= 4 is 5.82 Å². The summed E-state index contributed by atoms with van der Waals surface area (Å²) in [7, 11) is 0. The molecule has 1 saturated heterocycles. The molecule has 0 radical (unpaired) electrons. The van der Waals surface area contributed by atoms with Gasteiger partial charge in [0.1, 0.15) is 18.2 Å². The van der Waals surface area contributed by atoms with E-state index in [1.54, 1.807) is 17.1 Å². The van der Waals surface area contributed by atoms with Crippen LogP contribution in [0.2, 0.25) is 0 Å². The number of hydrogen-bond acceptors (Lipinski definition) is 6. The standard InChI is InChI=1S/C19H23N5O2/c25-18-8-12-4-1-2-6-14(12)23-24(18)17-10-26-9-16(17)22-19-13-5-3-7-15(13)20-11-21-19/h8,11,16-17H,1-7,9-10H2,(H,20,21,22). The van der Waals surface area contributed by atoms with Crippen molar-refractivity contribution in [3.63, 3.8) is 0 Å². The highest BCUT2D eigenvalue weighted by Gasteiger charge is 2.33. The average molecular weight is 353 g/mol. The van der Waals surface area contributed by atoms with Crippen LogP contribution in [0.15, 0.2) is 17.2 Å². The molecule has 0 spiro atoms. The lowest BCUT2D eigenvalue weighted by molar-refractivity contribution is 0.182. The molecule has 2 aliphatic carbocycles. The van der Waals surface area contributed by atoms with Gasteiger partial charge in [0.05, 0.1) is 24.9 Å². The summed E-state index contributed by atoms with van der Waals surface area (Å²) in [6.45, 7) is 1.05. The molecule has 0 bridgehead atoms. The predicted octanol–water partition coefficient (Wildman–Crippen LogP) is 1.45. The molecule has 1 aliphatic heterocycles. The van der Waals surface area contributed by atoms with Gasteiger partial charge in [0.15, 0.2) is 0 Å². The summed E-state index contributed by atoms with van der Waals surface area (Å²) >= 11 is 0. The highest BCUT2D eigenvalue weighted by atomic mass is 16.5. The maximum absolute atomic E-state index is 12.7. The highest BCUT2D eigenvalue weighted by Crippen LogP contribution is 2.28. The third kappa shape index (κ3) is 2.70. The largest absolute Gasteiger partial charge is 0.377 e. The quantitative estimate of drug-likeness (QED) is 0.899. The Morgan fingerprint density at radius 3 is 2.88 bits per heavy atom. The van der Waals surface area contributed by atoms with Crippen molar-refractivity contribution in [1.29, 1.82) is 0 Å². The molecule has 136 valence electrons. The van der Waals surface area contributed by atoms with E-state index in [4.69, 9.17) is 9.84 Å². The van der Waals surface area contributed by atoms with Crippen molar-refractivity contribution < 1.29 is 4.74 Å².